The summed E-state index contributed by atoms with van der Waals surface area (Å²) in [6.45, 7) is 1.24. The first kappa shape index (κ1) is 18.2. The van der Waals surface area contributed by atoms with Crippen LogP contribution in [0.4, 0.5) is 0 Å². The van der Waals surface area contributed by atoms with E-state index in [0.717, 1.165) is 0 Å². The van der Waals surface area contributed by atoms with Gasteiger partial charge in [0.15, 0.2) is 0 Å². The molecule has 0 rings (SSSR count). The molecule has 0 bridgehead atoms. The first-order chi connectivity index (χ1) is 6.49. The van der Waals surface area contributed by atoms with E-state index in [9.17, 15) is 4.79 Å². The molecule has 0 saturated heterocycles. The Morgan fingerprint density at radius 3 is 1.64 bits per heavy atom. The minimum absolute atomic E-state index is 0.142. The van der Waals surface area contributed by atoms with Gasteiger partial charge in [-0.2, -0.15) is 0 Å². The molecule has 1 atom stereocenters. The molecule has 0 heterocycles. The standard InChI is InChI=1S/C5H10O3.2CH2O2/c1-2-4(6)3-5(7)8;2*2-1-3/h4,6H,2-3H2,1H3,(H,7,8);2*1H,(H,2,3). The maximum absolute atomic E-state index is 9.81. The first-order valence-corrected chi connectivity index (χ1v) is 3.55. The van der Waals surface area contributed by atoms with Gasteiger partial charge in [0.1, 0.15) is 0 Å². The largest absolute Gasteiger partial charge is 0.483 e. The third-order valence-corrected chi connectivity index (χ3v) is 0.881. The molecule has 0 aliphatic rings. The number of carbonyl (C=O) groups is 3. The van der Waals surface area contributed by atoms with E-state index in [4.69, 9.17) is 30.0 Å². The highest BCUT2D eigenvalue weighted by molar-refractivity contribution is 5.67. The van der Waals surface area contributed by atoms with Crippen LogP contribution in [0, 0.1) is 0 Å². The third kappa shape index (κ3) is 47.7. The van der Waals surface area contributed by atoms with Crippen molar-refractivity contribution < 1.29 is 34.8 Å². The molecule has 14 heavy (non-hydrogen) atoms. The third-order valence-electron chi connectivity index (χ3n) is 0.881. The number of rotatable bonds is 3. The van der Waals surface area contributed by atoms with E-state index in [1.54, 1.807) is 6.92 Å². The zero-order valence-corrected chi connectivity index (χ0v) is 7.66. The average molecular weight is 210 g/mol. The van der Waals surface area contributed by atoms with E-state index in [1.165, 1.54) is 0 Å². The van der Waals surface area contributed by atoms with Crippen LogP contribution in [0.3, 0.4) is 0 Å². The number of hydrogen-bond donors (Lipinski definition) is 4. The van der Waals surface area contributed by atoms with Crippen LogP contribution in [0.25, 0.3) is 0 Å². The van der Waals surface area contributed by atoms with Crippen molar-refractivity contribution >= 4 is 18.9 Å². The van der Waals surface area contributed by atoms with Crippen LogP contribution in [0.15, 0.2) is 0 Å². The zero-order valence-electron chi connectivity index (χ0n) is 7.66. The smallest absolute Gasteiger partial charge is 0.305 e. The molecule has 4 N–H and O–H groups in total. The molecule has 7 heteroatoms. The van der Waals surface area contributed by atoms with Crippen LogP contribution < -0.4 is 0 Å². The Kier molecular flexibility index (Phi) is 22.7. The Bertz CT molecular complexity index is 139. The van der Waals surface area contributed by atoms with Gasteiger partial charge in [0.25, 0.3) is 12.9 Å². The van der Waals surface area contributed by atoms with Gasteiger partial charge in [-0.15, -0.1) is 0 Å². The molecule has 0 spiro atoms. The van der Waals surface area contributed by atoms with Crippen LogP contribution >= 0.6 is 0 Å². The van der Waals surface area contributed by atoms with Gasteiger partial charge in [-0.05, 0) is 6.42 Å². The van der Waals surface area contributed by atoms with Gasteiger partial charge in [-0.25, -0.2) is 0 Å². The lowest BCUT2D eigenvalue weighted by Gasteiger charge is -2.00. The normalized spacial score (nSPS) is 9.29. The SMILES string of the molecule is CCC(O)CC(=O)O.O=CO.O=CO. The van der Waals surface area contributed by atoms with Crippen molar-refractivity contribution in [3.8, 4) is 0 Å². The summed E-state index contributed by atoms with van der Waals surface area (Å²) in [5.74, 6) is -0.945. The fourth-order valence-electron chi connectivity index (χ4n) is 0.346. The number of carboxylic acids is 1. The van der Waals surface area contributed by atoms with Crippen molar-refractivity contribution in [1.29, 1.82) is 0 Å². The van der Waals surface area contributed by atoms with Crippen LogP contribution in [0.1, 0.15) is 19.8 Å². The zero-order chi connectivity index (χ0) is 12.0. The van der Waals surface area contributed by atoms with Crippen molar-refractivity contribution in [2.75, 3.05) is 0 Å². The molecular weight excluding hydrogens is 196 g/mol. The van der Waals surface area contributed by atoms with E-state index in [0.29, 0.717) is 6.42 Å². The summed E-state index contributed by atoms with van der Waals surface area (Å²) in [6.07, 6.45) is -0.310. The van der Waals surface area contributed by atoms with Crippen molar-refractivity contribution in [1.82, 2.24) is 0 Å². The van der Waals surface area contributed by atoms with E-state index in [1.807, 2.05) is 0 Å². The topological polar surface area (TPSA) is 132 Å². The van der Waals surface area contributed by atoms with Gasteiger partial charge in [-0.3, -0.25) is 14.4 Å². The molecule has 0 aromatic heterocycles. The fraction of sp³-hybridized carbons (Fsp3) is 0.571. The summed E-state index contributed by atoms with van der Waals surface area (Å²) in [7, 11) is 0. The highest BCUT2D eigenvalue weighted by atomic mass is 16.4. The van der Waals surface area contributed by atoms with Gasteiger partial charge in [-0.1, -0.05) is 6.92 Å². The molecule has 0 aromatic carbocycles. The lowest BCUT2D eigenvalue weighted by molar-refractivity contribution is -0.139. The lowest BCUT2D eigenvalue weighted by Crippen LogP contribution is -2.10. The number of aliphatic carboxylic acids is 1. The van der Waals surface area contributed by atoms with Crippen molar-refractivity contribution in [3.63, 3.8) is 0 Å². The quantitative estimate of drug-likeness (QED) is 0.467. The Morgan fingerprint density at radius 2 is 1.57 bits per heavy atom. The number of aliphatic hydroxyl groups excluding tert-OH is 1. The van der Waals surface area contributed by atoms with Crippen LogP contribution in [0.2, 0.25) is 0 Å². The summed E-state index contributed by atoms with van der Waals surface area (Å²) in [6, 6.07) is 0. The molecule has 0 fully saturated rings. The van der Waals surface area contributed by atoms with Gasteiger partial charge < -0.3 is 20.4 Å². The highest BCUT2D eigenvalue weighted by Gasteiger charge is 2.04. The van der Waals surface area contributed by atoms with Crippen LogP contribution in [-0.2, 0) is 14.4 Å². The molecule has 0 radical (unpaired) electrons. The van der Waals surface area contributed by atoms with Crippen LogP contribution in [0.5, 0.6) is 0 Å². The van der Waals surface area contributed by atoms with Gasteiger partial charge in [0.2, 0.25) is 0 Å². The second-order valence-corrected chi connectivity index (χ2v) is 1.87. The maximum Gasteiger partial charge on any atom is 0.305 e. The average Bonchev–Trinajstić information content (AvgIpc) is 2.06. The molecule has 0 saturated carbocycles. The number of aliphatic hydroxyl groups is 1. The summed E-state index contributed by atoms with van der Waals surface area (Å²) >= 11 is 0. The molecule has 84 valence electrons. The van der Waals surface area contributed by atoms with Crippen molar-refractivity contribution in [2.24, 2.45) is 0 Å². The maximum atomic E-state index is 9.81. The van der Waals surface area contributed by atoms with Crippen molar-refractivity contribution in [2.45, 2.75) is 25.9 Å². The second-order valence-electron chi connectivity index (χ2n) is 1.87. The van der Waals surface area contributed by atoms with Gasteiger partial charge >= 0.3 is 5.97 Å². The fourth-order valence-corrected chi connectivity index (χ4v) is 0.346. The summed E-state index contributed by atoms with van der Waals surface area (Å²) < 4.78 is 0. The van der Waals surface area contributed by atoms with E-state index >= 15 is 0 Å². The van der Waals surface area contributed by atoms with E-state index in [2.05, 4.69) is 0 Å². The molecule has 0 aliphatic carbocycles. The molecule has 0 amide bonds. The summed E-state index contributed by atoms with van der Waals surface area (Å²) in [5, 5.41) is 30.5. The molecule has 7 nitrogen and oxygen atoms in total. The molecular formula is C7H14O7. The first-order valence-electron chi connectivity index (χ1n) is 3.55. The number of hydrogen-bond acceptors (Lipinski definition) is 4. The van der Waals surface area contributed by atoms with Gasteiger partial charge in [0, 0.05) is 0 Å². The monoisotopic (exact) mass is 210 g/mol. The summed E-state index contributed by atoms with van der Waals surface area (Å²) in [4.78, 5) is 26.5. The molecule has 0 aromatic rings. The lowest BCUT2D eigenvalue weighted by atomic mass is 10.2. The predicted octanol–water partition coefficient (Wildman–Crippen LogP) is -0.366. The predicted molar refractivity (Wildman–Crippen MR) is 45.9 cm³/mol. The van der Waals surface area contributed by atoms with Crippen molar-refractivity contribution in [3.05, 3.63) is 0 Å². The van der Waals surface area contributed by atoms with E-state index < -0.39 is 12.1 Å². The van der Waals surface area contributed by atoms with Crippen LogP contribution in [-0.4, -0.2) is 45.4 Å². The minimum Gasteiger partial charge on any atom is -0.483 e. The van der Waals surface area contributed by atoms with E-state index in [-0.39, 0.29) is 19.4 Å². The summed E-state index contributed by atoms with van der Waals surface area (Å²) in [5.41, 5.74) is 0. The molecule has 1 unspecified atom stereocenters. The second kappa shape index (κ2) is 17.5. The van der Waals surface area contributed by atoms with Gasteiger partial charge in [0.05, 0.1) is 12.5 Å². The minimum atomic E-state index is -0.945. The Balaban J connectivity index is -0.000000168. The Labute approximate surface area is 80.6 Å². The molecule has 0 aliphatic heterocycles. The Morgan fingerprint density at radius 1 is 1.29 bits per heavy atom. The highest BCUT2D eigenvalue weighted by Crippen LogP contribution is 1.94. The number of carboxylic acid groups (broad SMARTS) is 3. The Hall–Kier alpha value is -1.63.